The smallest absolute Gasteiger partial charge is 0.219 e. The first-order chi connectivity index (χ1) is 10.1. The van der Waals surface area contributed by atoms with Crippen LogP contribution in [0.25, 0.3) is 0 Å². The Hall–Kier alpha value is -1.58. The van der Waals surface area contributed by atoms with Crippen LogP contribution in [0.5, 0.6) is 11.6 Å². The molecule has 1 aromatic heterocycles. The minimum Gasteiger partial charge on any atom is -0.439 e. The van der Waals surface area contributed by atoms with Crippen molar-refractivity contribution in [2.24, 2.45) is 0 Å². The number of hydrogen-bond donors (Lipinski definition) is 1. The van der Waals surface area contributed by atoms with Gasteiger partial charge in [-0.1, -0.05) is 44.5 Å². The molecule has 0 saturated carbocycles. The van der Waals surface area contributed by atoms with E-state index in [1.54, 1.807) is 6.07 Å². The zero-order chi connectivity index (χ0) is 15.2. The van der Waals surface area contributed by atoms with Crippen LogP contribution in [0.2, 0.25) is 5.02 Å². The third-order valence-electron chi connectivity index (χ3n) is 3.12. The first-order valence-electron chi connectivity index (χ1n) is 7.24. The summed E-state index contributed by atoms with van der Waals surface area (Å²) in [5, 5.41) is 3.96. The van der Waals surface area contributed by atoms with E-state index < -0.39 is 0 Å². The first kappa shape index (κ1) is 15.8. The second kappa shape index (κ2) is 7.43. The van der Waals surface area contributed by atoms with Crippen molar-refractivity contribution >= 4 is 11.6 Å². The summed E-state index contributed by atoms with van der Waals surface area (Å²) >= 11 is 6.16. The van der Waals surface area contributed by atoms with E-state index in [1.165, 1.54) is 5.56 Å². The van der Waals surface area contributed by atoms with Crippen LogP contribution in [0.3, 0.4) is 0 Å². The van der Waals surface area contributed by atoms with Gasteiger partial charge in [-0.05, 0) is 30.2 Å². The number of nitrogens with zero attached hydrogens (tertiary/aromatic N) is 1. The molecule has 0 atom stereocenters. The summed E-state index contributed by atoms with van der Waals surface area (Å²) in [6.45, 7) is 6.93. The molecule has 2 aromatic rings. The van der Waals surface area contributed by atoms with Crippen molar-refractivity contribution in [3.63, 3.8) is 0 Å². The molecule has 0 unspecified atom stereocenters. The van der Waals surface area contributed by atoms with Gasteiger partial charge in [-0.2, -0.15) is 0 Å². The van der Waals surface area contributed by atoms with Crippen LogP contribution in [-0.4, -0.2) is 11.0 Å². The van der Waals surface area contributed by atoms with E-state index in [0.29, 0.717) is 23.5 Å². The van der Waals surface area contributed by atoms with Crippen molar-refractivity contribution in [3.05, 3.63) is 52.7 Å². The Balaban J connectivity index is 2.10. The van der Waals surface area contributed by atoms with Crippen molar-refractivity contribution in [3.8, 4) is 11.6 Å². The van der Waals surface area contributed by atoms with E-state index in [0.717, 1.165) is 17.9 Å². The lowest BCUT2D eigenvalue weighted by Gasteiger charge is -2.11. The van der Waals surface area contributed by atoms with Crippen LogP contribution in [0.15, 0.2) is 36.4 Å². The topological polar surface area (TPSA) is 34.1 Å². The van der Waals surface area contributed by atoms with Gasteiger partial charge < -0.3 is 10.1 Å². The average molecular weight is 305 g/mol. The molecule has 1 aromatic carbocycles. The van der Waals surface area contributed by atoms with Crippen molar-refractivity contribution in [1.82, 2.24) is 10.3 Å². The van der Waals surface area contributed by atoms with Gasteiger partial charge in [0.1, 0.15) is 5.75 Å². The SMILES string of the molecule is CCc1ccc(Oc2ccc(Cl)c(CNC(C)C)n2)cc1. The molecule has 2 rings (SSSR count). The monoisotopic (exact) mass is 304 g/mol. The average Bonchev–Trinajstić information content (AvgIpc) is 2.48. The Morgan fingerprint density at radius 1 is 1.14 bits per heavy atom. The molecule has 0 bridgehead atoms. The molecular formula is C17H21ClN2O. The molecule has 0 aliphatic rings. The Morgan fingerprint density at radius 2 is 1.86 bits per heavy atom. The van der Waals surface area contributed by atoms with Gasteiger partial charge in [-0.15, -0.1) is 0 Å². The second-order valence-electron chi connectivity index (χ2n) is 5.21. The third kappa shape index (κ3) is 4.73. The summed E-state index contributed by atoms with van der Waals surface area (Å²) in [6, 6.07) is 12.0. The lowest BCUT2D eigenvalue weighted by Crippen LogP contribution is -2.22. The fourth-order valence-corrected chi connectivity index (χ4v) is 2.03. The summed E-state index contributed by atoms with van der Waals surface area (Å²) in [5.74, 6) is 1.34. The molecule has 0 amide bonds. The maximum atomic E-state index is 6.16. The minimum absolute atomic E-state index is 0.383. The number of rotatable bonds is 6. The maximum absolute atomic E-state index is 6.16. The molecule has 0 spiro atoms. The molecule has 0 aliphatic carbocycles. The summed E-state index contributed by atoms with van der Waals surface area (Å²) < 4.78 is 5.78. The number of aryl methyl sites for hydroxylation is 1. The van der Waals surface area contributed by atoms with Gasteiger partial charge in [0.15, 0.2) is 0 Å². The zero-order valence-corrected chi connectivity index (χ0v) is 13.4. The van der Waals surface area contributed by atoms with Gasteiger partial charge in [0.05, 0.1) is 10.7 Å². The van der Waals surface area contributed by atoms with E-state index in [9.17, 15) is 0 Å². The molecule has 1 N–H and O–H groups in total. The zero-order valence-electron chi connectivity index (χ0n) is 12.7. The van der Waals surface area contributed by atoms with Crippen LogP contribution in [0.4, 0.5) is 0 Å². The third-order valence-corrected chi connectivity index (χ3v) is 3.47. The molecule has 1 heterocycles. The molecule has 0 radical (unpaired) electrons. The van der Waals surface area contributed by atoms with Crippen LogP contribution in [0.1, 0.15) is 32.0 Å². The lowest BCUT2D eigenvalue weighted by atomic mass is 10.2. The predicted molar refractivity (Wildman–Crippen MR) is 87.1 cm³/mol. The fraction of sp³-hybridized carbons (Fsp3) is 0.353. The number of ether oxygens (including phenoxy) is 1. The predicted octanol–water partition coefficient (Wildman–Crippen LogP) is 4.59. The van der Waals surface area contributed by atoms with Gasteiger partial charge >= 0.3 is 0 Å². The number of aromatic nitrogens is 1. The molecule has 4 heteroatoms. The largest absolute Gasteiger partial charge is 0.439 e. The number of pyridine rings is 1. The Bertz CT molecular complexity index is 582. The highest BCUT2D eigenvalue weighted by Crippen LogP contribution is 2.23. The van der Waals surface area contributed by atoms with Gasteiger partial charge in [0.25, 0.3) is 0 Å². The maximum Gasteiger partial charge on any atom is 0.219 e. The van der Waals surface area contributed by atoms with Crippen molar-refractivity contribution in [2.75, 3.05) is 0 Å². The quantitative estimate of drug-likeness (QED) is 0.847. The number of halogens is 1. The summed E-state index contributed by atoms with van der Waals surface area (Å²) in [5.41, 5.74) is 2.08. The van der Waals surface area contributed by atoms with E-state index in [1.807, 2.05) is 18.2 Å². The van der Waals surface area contributed by atoms with Gasteiger partial charge in [0, 0.05) is 18.7 Å². The van der Waals surface area contributed by atoms with E-state index >= 15 is 0 Å². The van der Waals surface area contributed by atoms with Crippen LogP contribution in [-0.2, 0) is 13.0 Å². The molecular weight excluding hydrogens is 284 g/mol. The van der Waals surface area contributed by atoms with E-state index in [-0.39, 0.29) is 0 Å². The van der Waals surface area contributed by atoms with Gasteiger partial charge in [-0.3, -0.25) is 0 Å². The molecule has 3 nitrogen and oxygen atoms in total. The van der Waals surface area contributed by atoms with Crippen molar-refractivity contribution in [1.29, 1.82) is 0 Å². The Morgan fingerprint density at radius 3 is 2.48 bits per heavy atom. The van der Waals surface area contributed by atoms with Crippen molar-refractivity contribution in [2.45, 2.75) is 39.8 Å². The number of benzene rings is 1. The van der Waals surface area contributed by atoms with Crippen molar-refractivity contribution < 1.29 is 4.74 Å². The highest BCUT2D eigenvalue weighted by Gasteiger charge is 2.06. The minimum atomic E-state index is 0.383. The Labute approximate surface area is 131 Å². The number of hydrogen-bond acceptors (Lipinski definition) is 3. The molecule has 0 fully saturated rings. The summed E-state index contributed by atoms with van der Waals surface area (Å²) in [7, 11) is 0. The standard InChI is InChI=1S/C17H21ClN2O/c1-4-13-5-7-14(8-6-13)21-17-10-9-15(18)16(20-17)11-19-12(2)3/h5-10,12,19H,4,11H2,1-3H3. The van der Waals surface area contributed by atoms with Crippen LogP contribution >= 0.6 is 11.6 Å². The van der Waals surface area contributed by atoms with Crippen LogP contribution in [0, 0.1) is 0 Å². The highest BCUT2D eigenvalue weighted by molar-refractivity contribution is 6.31. The molecule has 21 heavy (non-hydrogen) atoms. The normalized spacial score (nSPS) is 10.9. The molecule has 112 valence electrons. The summed E-state index contributed by atoms with van der Waals surface area (Å²) in [4.78, 5) is 4.47. The van der Waals surface area contributed by atoms with E-state index in [2.05, 4.69) is 43.2 Å². The number of nitrogens with one attached hydrogen (secondary N) is 1. The van der Waals surface area contributed by atoms with E-state index in [4.69, 9.17) is 16.3 Å². The lowest BCUT2D eigenvalue weighted by molar-refractivity contribution is 0.458. The van der Waals surface area contributed by atoms with Gasteiger partial charge in [-0.25, -0.2) is 4.98 Å². The Kier molecular flexibility index (Phi) is 5.59. The van der Waals surface area contributed by atoms with Gasteiger partial charge in [0.2, 0.25) is 5.88 Å². The first-order valence-corrected chi connectivity index (χ1v) is 7.62. The fourth-order valence-electron chi connectivity index (χ4n) is 1.86. The molecule has 0 aliphatic heterocycles. The highest BCUT2D eigenvalue weighted by atomic mass is 35.5. The molecule has 0 saturated heterocycles. The summed E-state index contributed by atoms with van der Waals surface area (Å²) in [6.07, 6.45) is 1.02. The second-order valence-corrected chi connectivity index (χ2v) is 5.62. The van der Waals surface area contributed by atoms with Crippen LogP contribution < -0.4 is 10.1 Å².